The predicted molar refractivity (Wildman–Crippen MR) is 85.8 cm³/mol. The van der Waals surface area contributed by atoms with Crippen molar-refractivity contribution >= 4 is 23.8 Å². The summed E-state index contributed by atoms with van der Waals surface area (Å²) in [6, 6.07) is -0.661. The van der Waals surface area contributed by atoms with Gasteiger partial charge in [-0.25, -0.2) is 9.59 Å². The lowest BCUT2D eigenvalue weighted by Gasteiger charge is -2.20. The zero-order valence-electron chi connectivity index (χ0n) is 13.1. The maximum absolute atomic E-state index is 11.8. The van der Waals surface area contributed by atoms with Crippen molar-refractivity contribution in [3.8, 4) is 0 Å². The molecule has 1 aliphatic rings. The highest BCUT2D eigenvalue weighted by atomic mass is 32.2. The molecule has 1 rings (SSSR count). The van der Waals surface area contributed by atoms with Crippen molar-refractivity contribution in [3.05, 3.63) is 0 Å². The van der Waals surface area contributed by atoms with Crippen LogP contribution >= 0.6 is 11.8 Å². The van der Waals surface area contributed by atoms with Gasteiger partial charge in [0.25, 0.3) is 0 Å². The second kappa shape index (κ2) is 9.15. The molecule has 1 aliphatic heterocycles. The van der Waals surface area contributed by atoms with Crippen LogP contribution < -0.4 is 10.6 Å². The van der Waals surface area contributed by atoms with Crippen molar-refractivity contribution < 1.29 is 14.7 Å². The molecule has 6 nitrogen and oxygen atoms in total. The van der Waals surface area contributed by atoms with E-state index >= 15 is 0 Å². The molecule has 3 N–H and O–H groups in total. The third kappa shape index (κ3) is 6.56. The van der Waals surface area contributed by atoms with E-state index in [9.17, 15) is 9.59 Å². The number of carbonyl (C=O) groups is 2. The fraction of sp³-hybridized carbons (Fsp3) is 0.857. The highest BCUT2D eigenvalue weighted by Crippen LogP contribution is 2.17. The first-order chi connectivity index (χ1) is 9.93. The van der Waals surface area contributed by atoms with Crippen LogP contribution in [0.2, 0.25) is 0 Å². The average Bonchev–Trinajstić information content (AvgIpc) is 2.90. The Labute approximate surface area is 131 Å². The summed E-state index contributed by atoms with van der Waals surface area (Å²) in [4.78, 5) is 25.2. The molecule has 0 radical (unpaired) electrons. The molecule has 2 atom stereocenters. The lowest BCUT2D eigenvalue weighted by molar-refractivity contribution is -0.139. The summed E-state index contributed by atoms with van der Waals surface area (Å²) >= 11 is 1.57. The van der Waals surface area contributed by atoms with Gasteiger partial charge in [-0.15, -0.1) is 0 Å². The minimum atomic E-state index is -0.981. The number of carbonyl (C=O) groups excluding carboxylic acids is 1. The summed E-state index contributed by atoms with van der Waals surface area (Å²) in [5.41, 5.74) is 0. The number of nitrogens with zero attached hydrogens (tertiary/aromatic N) is 1. The maximum atomic E-state index is 11.8. The Kier molecular flexibility index (Phi) is 7.88. The van der Waals surface area contributed by atoms with Gasteiger partial charge >= 0.3 is 12.0 Å². The third-order valence-electron chi connectivity index (χ3n) is 3.81. The van der Waals surface area contributed by atoms with Crippen LogP contribution in [0.1, 0.15) is 26.7 Å². The van der Waals surface area contributed by atoms with Crippen LogP contribution in [-0.4, -0.2) is 65.7 Å². The van der Waals surface area contributed by atoms with E-state index in [1.54, 1.807) is 11.8 Å². The van der Waals surface area contributed by atoms with Crippen molar-refractivity contribution in [2.45, 2.75) is 38.8 Å². The first kappa shape index (κ1) is 18.1. The monoisotopic (exact) mass is 317 g/mol. The minimum Gasteiger partial charge on any atom is -0.480 e. The average molecular weight is 317 g/mol. The summed E-state index contributed by atoms with van der Waals surface area (Å²) in [6.07, 6.45) is 3.43. The van der Waals surface area contributed by atoms with Crippen LogP contribution in [0.25, 0.3) is 0 Å². The Hall–Kier alpha value is -0.950. The Morgan fingerprint density at radius 3 is 2.67 bits per heavy atom. The zero-order valence-corrected chi connectivity index (χ0v) is 13.9. The standard InChI is InChI=1S/C14H27N3O3S/c1-10(2)17-6-4-11(9-17)8-15-14(20)16-12(13(18)19)5-7-21-3/h10-12H,4-9H2,1-3H3,(H,18,19)(H2,15,16,20)/t11?,12-/m1/s1. The number of carboxylic acid groups (broad SMARTS) is 1. The smallest absolute Gasteiger partial charge is 0.326 e. The summed E-state index contributed by atoms with van der Waals surface area (Å²) in [7, 11) is 0. The van der Waals surface area contributed by atoms with E-state index in [0.717, 1.165) is 19.5 Å². The Bertz CT molecular complexity index is 352. The molecule has 0 aromatic heterocycles. The molecule has 0 saturated carbocycles. The zero-order chi connectivity index (χ0) is 15.8. The van der Waals surface area contributed by atoms with Crippen molar-refractivity contribution in [1.29, 1.82) is 0 Å². The summed E-state index contributed by atoms with van der Waals surface area (Å²) in [5, 5.41) is 14.4. The normalized spacial score (nSPS) is 20.5. The van der Waals surface area contributed by atoms with Crippen LogP contribution in [0, 0.1) is 5.92 Å². The van der Waals surface area contributed by atoms with Gasteiger partial charge in [0.2, 0.25) is 0 Å². The van der Waals surface area contributed by atoms with Crippen molar-refractivity contribution in [1.82, 2.24) is 15.5 Å². The number of hydrogen-bond donors (Lipinski definition) is 3. The van der Waals surface area contributed by atoms with Gasteiger partial charge in [0.15, 0.2) is 0 Å². The SMILES string of the molecule is CSCC[C@@H](NC(=O)NCC1CCN(C(C)C)C1)C(=O)O. The van der Waals surface area contributed by atoms with E-state index in [-0.39, 0.29) is 6.03 Å². The van der Waals surface area contributed by atoms with Crippen LogP contribution in [0.5, 0.6) is 0 Å². The number of rotatable bonds is 8. The molecule has 0 spiro atoms. The summed E-state index contributed by atoms with van der Waals surface area (Å²) in [5.74, 6) is 0.183. The lowest BCUT2D eigenvalue weighted by Crippen LogP contribution is -2.47. The van der Waals surface area contributed by atoms with Gasteiger partial charge in [-0.3, -0.25) is 0 Å². The highest BCUT2D eigenvalue weighted by molar-refractivity contribution is 7.98. The predicted octanol–water partition coefficient (Wildman–Crippen LogP) is 1.22. The number of thioether (sulfide) groups is 1. The Balaban J connectivity index is 2.28. The topological polar surface area (TPSA) is 81.7 Å². The number of urea groups is 1. The quantitative estimate of drug-likeness (QED) is 0.627. The van der Waals surface area contributed by atoms with Crippen molar-refractivity contribution in [3.63, 3.8) is 0 Å². The molecule has 1 heterocycles. The molecule has 21 heavy (non-hydrogen) atoms. The molecule has 2 amide bonds. The first-order valence-corrected chi connectivity index (χ1v) is 8.83. The van der Waals surface area contributed by atoms with Crippen LogP contribution in [-0.2, 0) is 4.79 Å². The van der Waals surface area contributed by atoms with Gasteiger partial charge < -0.3 is 20.6 Å². The molecule has 0 bridgehead atoms. The molecule has 122 valence electrons. The fourth-order valence-electron chi connectivity index (χ4n) is 2.44. The minimum absolute atomic E-state index is 0.383. The summed E-state index contributed by atoms with van der Waals surface area (Å²) in [6.45, 7) is 7.01. The van der Waals surface area contributed by atoms with Crippen molar-refractivity contribution in [2.75, 3.05) is 31.6 Å². The van der Waals surface area contributed by atoms with Crippen molar-refractivity contribution in [2.24, 2.45) is 5.92 Å². The molecule has 1 unspecified atom stereocenters. The maximum Gasteiger partial charge on any atom is 0.326 e. The van der Waals surface area contributed by atoms with Gasteiger partial charge in [0.1, 0.15) is 6.04 Å². The molecular formula is C14H27N3O3S. The number of likely N-dealkylation sites (tertiary alicyclic amines) is 1. The van der Waals surface area contributed by atoms with Crippen LogP contribution in [0.4, 0.5) is 4.79 Å². The van der Waals surface area contributed by atoms with Gasteiger partial charge in [-0.1, -0.05) is 0 Å². The number of nitrogens with one attached hydrogen (secondary N) is 2. The van der Waals surface area contributed by atoms with Gasteiger partial charge in [0.05, 0.1) is 0 Å². The van der Waals surface area contributed by atoms with E-state index in [2.05, 4.69) is 29.4 Å². The fourth-order valence-corrected chi connectivity index (χ4v) is 2.91. The van der Waals surface area contributed by atoms with E-state index in [1.807, 2.05) is 6.26 Å². The first-order valence-electron chi connectivity index (χ1n) is 7.44. The lowest BCUT2D eigenvalue weighted by atomic mass is 10.1. The molecule has 7 heteroatoms. The number of carboxylic acids is 1. The third-order valence-corrected chi connectivity index (χ3v) is 4.46. The van der Waals surface area contributed by atoms with E-state index < -0.39 is 12.0 Å². The number of hydrogen-bond acceptors (Lipinski definition) is 4. The van der Waals surface area contributed by atoms with E-state index in [1.165, 1.54) is 0 Å². The molecule has 1 fully saturated rings. The molecule has 1 saturated heterocycles. The van der Waals surface area contributed by atoms with Gasteiger partial charge in [-0.2, -0.15) is 11.8 Å². The molecule has 0 aromatic rings. The second-order valence-corrected chi connectivity index (χ2v) is 6.76. The Morgan fingerprint density at radius 2 is 2.14 bits per heavy atom. The number of aliphatic carboxylic acids is 1. The number of amides is 2. The molecule has 0 aromatic carbocycles. The van der Waals surface area contributed by atoms with E-state index in [4.69, 9.17) is 5.11 Å². The largest absolute Gasteiger partial charge is 0.480 e. The second-order valence-electron chi connectivity index (χ2n) is 5.77. The Morgan fingerprint density at radius 1 is 1.43 bits per heavy atom. The van der Waals surface area contributed by atoms with Crippen LogP contribution in [0.15, 0.2) is 0 Å². The van der Waals surface area contributed by atoms with Gasteiger partial charge in [0, 0.05) is 19.1 Å². The van der Waals surface area contributed by atoms with Gasteiger partial charge in [-0.05, 0) is 51.2 Å². The van der Waals surface area contributed by atoms with Crippen LogP contribution in [0.3, 0.4) is 0 Å². The highest BCUT2D eigenvalue weighted by Gasteiger charge is 2.25. The summed E-state index contributed by atoms with van der Waals surface area (Å²) < 4.78 is 0. The molecular weight excluding hydrogens is 290 g/mol. The molecule has 0 aliphatic carbocycles. The van der Waals surface area contributed by atoms with E-state index in [0.29, 0.717) is 30.7 Å².